The molecule has 22 rings (SSSR count). The van der Waals surface area contributed by atoms with Gasteiger partial charge in [-0.2, -0.15) is 0 Å². The first-order valence-electron chi connectivity index (χ1n) is 26.4. The fraction of sp³-hybridized carbons (Fsp3) is 0.913. The molecular weight excluding hydrogens is 1160 g/mol. The molecule has 37 heteroatoms. The van der Waals surface area contributed by atoms with Gasteiger partial charge in [0.1, 0.15) is 165 Å². The lowest BCUT2D eigenvalue weighted by Crippen LogP contribution is -2.68. The molecular formula is C46H72N2O34S. The van der Waals surface area contributed by atoms with Gasteiger partial charge in [0.15, 0.2) is 49.2 Å². The van der Waals surface area contributed by atoms with E-state index >= 15 is 0 Å². The maximum atomic E-state index is 11.8. The normalized spacial score (nSPS) is 52.2. The van der Waals surface area contributed by atoms with Gasteiger partial charge in [-0.15, -0.1) is 0 Å². The highest BCUT2D eigenvalue weighted by Gasteiger charge is 2.59. The van der Waals surface area contributed by atoms with Crippen LogP contribution in [0.1, 0.15) is 0 Å². The molecule has 0 aromatic carbocycles. The van der Waals surface area contributed by atoms with Crippen molar-refractivity contribution in [3.63, 3.8) is 0 Å². The minimum atomic E-state index is -2.21. The summed E-state index contributed by atoms with van der Waals surface area (Å²) in [5.41, 5.74) is 0. The van der Waals surface area contributed by atoms with E-state index < -0.39 is 255 Å². The number of aliphatic hydroxyl groups is 20. The summed E-state index contributed by atoms with van der Waals surface area (Å²) in [6.45, 7) is -6.24. The zero-order chi connectivity index (χ0) is 59.9. The molecule has 0 spiro atoms. The number of nitrogens with zero attached hydrogens (tertiary/aromatic N) is 2. The number of hydrogen-bond acceptors (Lipinski definition) is 37. The summed E-state index contributed by atoms with van der Waals surface area (Å²) >= 11 is 0.920. The highest BCUT2D eigenvalue weighted by molar-refractivity contribution is 7.99. The first-order valence-corrected chi connectivity index (χ1v) is 27.4. The zero-order valence-electron chi connectivity index (χ0n) is 43.4. The molecule has 35 atom stereocenters. The smallest absolute Gasteiger partial charge is 0.187 e. The van der Waals surface area contributed by atoms with Crippen LogP contribution >= 0.6 is 11.8 Å². The molecule has 21 aliphatic rings. The number of aromatic nitrogens is 2. The molecule has 1 aromatic rings. The quantitative estimate of drug-likeness (QED) is 0.0806. The summed E-state index contributed by atoms with van der Waals surface area (Å²) in [5, 5.41) is 223. The fourth-order valence-corrected chi connectivity index (χ4v) is 11.8. The van der Waals surface area contributed by atoms with Gasteiger partial charge in [-0.3, -0.25) is 0 Å². The molecule has 0 saturated carbocycles. The predicted octanol–water partition coefficient (Wildman–Crippen LogP) is -13.6. The molecule has 20 N–H and O–H groups in total. The summed E-state index contributed by atoms with van der Waals surface area (Å²) in [4.78, 5) is 8.25. The van der Waals surface area contributed by atoms with E-state index in [1.165, 1.54) is 18.5 Å². The van der Waals surface area contributed by atoms with Crippen molar-refractivity contribution in [1.82, 2.24) is 9.97 Å². The van der Waals surface area contributed by atoms with Crippen LogP contribution in [0, 0.1) is 0 Å². The van der Waals surface area contributed by atoms with Gasteiger partial charge in [-0.05, 0) is 6.07 Å². The third-order valence-electron chi connectivity index (χ3n) is 15.5. The molecule has 476 valence electrons. The van der Waals surface area contributed by atoms with E-state index in [-0.39, 0.29) is 10.9 Å². The van der Waals surface area contributed by atoms with Gasteiger partial charge in [0.2, 0.25) is 0 Å². The SMILES string of the molecule is OC[C@H]1O[C@@H]2O[C@H]3[C@H](O)[C@@H](O)[C@@H](O[C@H]4[C@H](O)[C@@H](O)[C@@H](O[C@H]5[C@H](O)[C@@H](O)[C@@H](O[C@H]6[C@H](O)[C@@H](O)[C@@H](O[C@H]7[C@H](O)[C@@H](O)[C@@H](O[C@H]8[C@H](O)[C@@H](O)[C@@H](O[C@H]1[C@H](O)[C@H]2O)O[C@@H]8CO)O[C@@H]7CO)O[C@@H]6CO)O[C@@H]5CSc1ncccn1)O[C@@H]4CO)O[C@@H]3CO. The molecule has 0 amide bonds. The van der Waals surface area contributed by atoms with Crippen LogP contribution in [0.3, 0.4) is 0 Å². The number of hydrogen-bond donors (Lipinski definition) is 20. The minimum Gasteiger partial charge on any atom is -0.394 e. The third kappa shape index (κ3) is 13.4. The van der Waals surface area contributed by atoms with Crippen molar-refractivity contribution in [2.45, 2.75) is 220 Å². The average molecular weight is 1230 g/mol. The topological polar surface area (TPSA) is 560 Å². The largest absolute Gasteiger partial charge is 0.394 e. The lowest BCUT2D eigenvalue weighted by molar-refractivity contribution is -0.396. The number of ether oxygens (including phenoxy) is 14. The Morgan fingerprint density at radius 3 is 0.639 bits per heavy atom. The van der Waals surface area contributed by atoms with Crippen LogP contribution in [-0.4, -0.2) is 372 Å². The third-order valence-corrected chi connectivity index (χ3v) is 16.5. The van der Waals surface area contributed by atoms with E-state index in [9.17, 15) is 102 Å². The highest BCUT2D eigenvalue weighted by Crippen LogP contribution is 2.39. The van der Waals surface area contributed by atoms with E-state index in [1.807, 2.05) is 0 Å². The van der Waals surface area contributed by atoms with Crippen LogP contribution in [-0.2, 0) is 66.3 Å². The van der Waals surface area contributed by atoms with Gasteiger partial charge < -0.3 is 168 Å². The number of aliphatic hydroxyl groups excluding tert-OH is 20. The Bertz CT molecular complexity index is 2150. The molecule has 0 radical (unpaired) electrons. The Morgan fingerprint density at radius 2 is 0.446 bits per heavy atom. The molecule has 14 bridgehead atoms. The van der Waals surface area contributed by atoms with Crippen molar-refractivity contribution in [3.8, 4) is 0 Å². The number of rotatable bonds is 9. The van der Waals surface area contributed by atoms with Crippen LogP contribution in [0.25, 0.3) is 0 Å². The van der Waals surface area contributed by atoms with Crippen LogP contribution in [0.15, 0.2) is 23.6 Å². The predicted molar refractivity (Wildman–Crippen MR) is 254 cm³/mol. The Labute approximate surface area is 473 Å². The number of thioether (sulfide) groups is 1. The second-order valence-corrected chi connectivity index (χ2v) is 21.8. The summed E-state index contributed by atoms with van der Waals surface area (Å²) in [6, 6.07) is 1.52. The molecule has 1 aromatic heterocycles. The van der Waals surface area contributed by atoms with Crippen molar-refractivity contribution in [2.24, 2.45) is 0 Å². The molecule has 21 fully saturated rings. The van der Waals surface area contributed by atoms with Crippen molar-refractivity contribution in [3.05, 3.63) is 18.5 Å². The standard InChI is InChI=1S/C46H72N2O34S/c49-4-11-32-19(56)26(63)40(70-11)78-34-13(6-51)72-42(28(65)21(34)58)80-36-15(8-53)74-44(30(67)23(36)60)82-38-17(10-83-46-47-2-1-3-48-46)75-45(31(68)24(38)61)81-37-16(9-54)73-43(29(66)22(37)59)79-35-14(7-52)71-41(27(64)20(35)57)77-33-12(5-50)69-39(76-32)25(62)18(33)55/h1-3,11-45,49-68H,4-10H2/t11-,12-,13-,14-,15-,16-,17-,18-,19-,20-,21-,22-,23-,24-,25-,26-,27-,28-,29-,30-,31-,32-,33-,34-,35-,36-,37-,38-,39-,40-,41-,42-,43-,44-,45-/m1/s1. The highest BCUT2D eigenvalue weighted by atomic mass is 32.2. The summed E-state index contributed by atoms with van der Waals surface area (Å²) in [7, 11) is 0. The zero-order valence-corrected chi connectivity index (χ0v) is 44.2. The Hall–Kier alpha value is -1.93. The van der Waals surface area contributed by atoms with Crippen molar-refractivity contribution in [2.75, 3.05) is 45.4 Å². The lowest BCUT2D eigenvalue weighted by atomic mass is 9.95. The molecule has 22 heterocycles. The lowest BCUT2D eigenvalue weighted by Gasteiger charge is -2.50. The Morgan fingerprint density at radius 1 is 0.265 bits per heavy atom. The van der Waals surface area contributed by atoms with Gasteiger partial charge in [-0.1, -0.05) is 11.8 Å². The molecule has 83 heavy (non-hydrogen) atoms. The fourth-order valence-electron chi connectivity index (χ4n) is 10.9. The maximum absolute atomic E-state index is 11.8. The molecule has 21 aliphatic heterocycles. The average Bonchev–Trinajstić information content (AvgIpc) is 3.65. The van der Waals surface area contributed by atoms with E-state index in [2.05, 4.69) is 9.97 Å². The summed E-state index contributed by atoms with van der Waals surface area (Å²) < 4.78 is 81.1. The molecule has 21 saturated heterocycles. The Kier molecular flexibility index (Phi) is 22.3. The first kappa shape index (κ1) is 65.5. The van der Waals surface area contributed by atoms with Gasteiger partial charge in [-0.25, -0.2) is 9.97 Å². The monoisotopic (exact) mass is 1230 g/mol. The van der Waals surface area contributed by atoms with E-state index in [0.717, 1.165) is 11.8 Å². The van der Waals surface area contributed by atoms with E-state index in [0.29, 0.717) is 0 Å². The summed E-state index contributed by atoms with van der Waals surface area (Å²) in [6.07, 6.45) is -66.8. The van der Waals surface area contributed by atoms with Gasteiger partial charge >= 0.3 is 0 Å². The van der Waals surface area contributed by atoms with E-state index in [4.69, 9.17) is 66.3 Å². The molecule has 0 unspecified atom stereocenters. The second-order valence-electron chi connectivity index (χ2n) is 20.8. The van der Waals surface area contributed by atoms with Gasteiger partial charge in [0, 0.05) is 18.1 Å². The van der Waals surface area contributed by atoms with Crippen LogP contribution in [0.5, 0.6) is 0 Å². The van der Waals surface area contributed by atoms with Crippen LogP contribution in [0.4, 0.5) is 0 Å². The van der Waals surface area contributed by atoms with E-state index in [1.54, 1.807) is 0 Å². The minimum absolute atomic E-state index is 0.155. The second kappa shape index (κ2) is 28.3. The van der Waals surface area contributed by atoms with Crippen LogP contribution < -0.4 is 0 Å². The van der Waals surface area contributed by atoms with Gasteiger partial charge in [0.05, 0.1) is 45.7 Å². The van der Waals surface area contributed by atoms with Crippen molar-refractivity contribution < 1.29 is 168 Å². The van der Waals surface area contributed by atoms with Crippen molar-refractivity contribution in [1.29, 1.82) is 0 Å². The maximum Gasteiger partial charge on any atom is 0.187 e. The van der Waals surface area contributed by atoms with Gasteiger partial charge in [0.25, 0.3) is 0 Å². The molecule has 36 nitrogen and oxygen atoms in total. The van der Waals surface area contributed by atoms with Crippen molar-refractivity contribution >= 4 is 11.8 Å². The summed E-state index contributed by atoms with van der Waals surface area (Å²) in [5.74, 6) is -0.265. The van der Waals surface area contributed by atoms with Crippen LogP contribution in [0.2, 0.25) is 0 Å². The first-order chi connectivity index (χ1) is 39.7. The Balaban J connectivity index is 1.01. The molecule has 0 aliphatic carbocycles.